The topological polar surface area (TPSA) is 41.1 Å². The second-order valence-electron chi connectivity index (χ2n) is 6.31. The Morgan fingerprint density at radius 2 is 2.12 bits per heavy atom. The van der Waals surface area contributed by atoms with E-state index in [-0.39, 0.29) is 0 Å². The zero-order chi connectivity index (χ0) is 17.1. The zero-order valence-corrected chi connectivity index (χ0v) is 14.0. The fourth-order valence-electron chi connectivity index (χ4n) is 3.22. The van der Waals surface area contributed by atoms with Crippen molar-refractivity contribution in [3.8, 4) is 11.1 Å². The molecule has 1 saturated heterocycles. The Morgan fingerprint density at radius 3 is 2.79 bits per heavy atom. The Balaban J connectivity index is 1.66. The smallest absolute Gasteiger partial charge is 0.222 e. The van der Waals surface area contributed by atoms with Crippen LogP contribution in [-0.2, 0) is 0 Å². The molecule has 1 atom stereocenters. The van der Waals surface area contributed by atoms with E-state index in [2.05, 4.69) is 27.2 Å². The Kier molecular flexibility index (Phi) is 5.04. The summed E-state index contributed by atoms with van der Waals surface area (Å²) in [5.41, 5.74) is 1.55. The number of hydrogen-bond acceptors (Lipinski definition) is 4. The normalized spacial score (nSPS) is 18.1. The number of benzene rings is 1. The molecule has 0 spiro atoms. The minimum absolute atomic E-state index is 0.313. The molecule has 1 aromatic carbocycles. The summed E-state index contributed by atoms with van der Waals surface area (Å²) in [7, 11) is 2.16. The van der Waals surface area contributed by atoms with E-state index >= 15 is 0 Å². The summed E-state index contributed by atoms with van der Waals surface area (Å²) in [6.07, 6.45) is 5.13. The van der Waals surface area contributed by atoms with Crippen molar-refractivity contribution in [3.63, 3.8) is 0 Å². The van der Waals surface area contributed by atoms with E-state index in [4.69, 9.17) is 0 Å². The molecule has 1 aliphatic heterocycles. The van der Waals surface area contributed by atoms with Crippen molar-refractivity contribution in [2.24, 2.45) is 0 Å². The largest absolute Gasteiger partial charge is 0.354 e. The van der Waals surface area contributed by atoms with E-state index < -0.39 is 11.6 Å². The van der Waals surface area contributed by atoms with Crippen LogP contribution in [0.25, 0.3) is 11.1 Å². The summed E-state index contributed by atoms with van der Waals surface area (Å²) >= 11 is 0. The number of aromatic nitrogens is 2. The van der Waals surface area contributed by atoms with Gasteiger partial charge in [0, 0.05) is 36.0 Å². The predicted octanol–water partition coefficient (Wildman–Crippen LogP) is 3.63. The fourth-order valence-corrected chi connectivity index (χ4v) is 3.22. The molecule has 24 heavy (non-hydrogen) atoms. The molecule has 1 aliphatic rings. The quantitative estimate of drug-likeness (QED) is 0.908. The second-order valence-corrected chi connectivity index (χ2v) is 6.31. The minimum atomic E-state index is -0.605. The van der Waals surface area contributed by atoms with Crippen LogP contribution in [0.15, 0.2) is 24.4 Å². The monoisotopic (exact) mass is 332 g/mol. The van der Waals surface area contributed by atoms with E-state index in [1.807, 2.05) is 0 Å². The van der Waals surface area contributed by atoms with Gasteiger partial charge < -0.3 is 10.2 Å². The van der Waals surface area contributed by atoms with Gasteiger partial charge >= 0.3 is 0 Å². The van der Waals surface area contributed by atoms with Crippen molar-refractivity contribution in [2.45, 2.75) is 32.2 Å². The molecule has 3 rings (SSSR count). The number of nitrogens with one attached hydrogen (secondary N) is 1. The van der Waals surface area contributed by atoms with Gasteiger partial charge in [-0.2, -0.15) is 0 Å². The number of rotatable bonds is 5. The number of nitrogens with zero attached hydrogens (tertiary/aromatic N) is 3. The van der Waals surface area contributed by atoms with Gasteiger partial charge in [0.25, 0.3) is 0 Å². The van der Waals surface area contributed by atoms with Crippen molar-refractivity contribution < 1.29 is 8.78 Å². The van der Waals surface area contributed by atoms with Gasteiger partial charge in [0.1, 0.15) is 11.6 Å². The van der Waals surface area contributed by atoms with Crippen LogP contribution in [0, 0.1) is 18.6 Å². The van der Waals surface area contributed by atoms with Crippen molar-refractivity contribution in [2.75, 3.05) is 25.5 Å². The summed E-state index contributed by atoms with van der Waals surface area (Å²) in [6, 6.07) is 4.15. The molecule has 0 bridgehead atoms. The maximum absolute atomic E-state index is 13.9. The van der Waals surface area contributed by atoms with E-state index in [0.717, 1.165) is 25.6 Å². The number of likely N-dealkylation sites (tertiary alicyclic amines) is 1. The first-order valence-electron chi connectivity index (χ1n) is 8.28. The van der Waals surface area contributed by atoms with Gasteiger partial charge in [-0.05, 0) is 51.9 Å². The molecular formula is C18H22F2N4. The maximum atomic E-state index is 13.9. The molecule has 0 radical (unpaired) electrons. The third-order valence-electron chi connectivity index (χ3n) is 4.63. The highest BCUT2D eigenvalue weighted by molar-refractivity contribution is 5.66. The van der Waals surface area contributed by atoms with Gasteiger partial charge in [-0.3, -0.25) is 0 Å². The highest BCUT2D eigenvalue weighted by atomic mass is 19.1. The van der Waals surface area contributed by atoms with Crippen LogP contribution in [0.1, 0.15) is 25.0 Å². The summed E-state index contributed by atoms with van der Waals surface area (Å²) in [6.45, 7) is 3.77. The van der Waals surface area contributed by atoms with Crippen LogP contribution >= 0.6 is 0 Å². The maximum Gasteiger partial charge on any atom is 0.222 e. The molecule has 4 nitrogen and oxygen atoms in total. The van der Waals surface area contributed by atoms with E-state index in [9.17, 15) is 8.78 Å². The van der Waals surface area contributed by atoms with Crippen molar-refractivity contribution >= 4 is 5.95 Å². The average molecular weight is 332 g/mol. The third kappa shape index (κ3) is 3.70. The average Bonchev–Trinajstić information content (AvgIpc) is 2.94. The van der Waals surface area contributed by atoms with Crippen LogP contribution in [0.3, 0.4) is 0 Å². The zero-order valence-electron chi connectivity index (χ0n) is 14.0. The van der Waals surface area contributed by atoms with Gasteiger partial charge in [-0.1, -0.05) is 0 Å². The summed E-state index contributed by atoms with van der Waals surface area (Å²) < 4.78 is 27.0. The molecule has 1 unspecified atom stereocenters. The lowest BCUT2D eigenvalue weighted by molar-refractivity contribution is 0.301. The van der Waals surface area contributed by atoms with E-state index in [1.165, 1.54) is 25.0 Å². The van der Waals surface area contributed by atoms with Crippen LogP contribution in [-0.4, -0.2) is 41.0 Å². The first kappa shape index (κ1) is 16.8. The Morgan fingerprint density at radius 1 is 1.29 bits per heavy atom. The molecule has 0 amide bonds. The Hall–Kier alpha value is -2.08. The van der Waals surface area contributed by atoms with Crippen LogP contribution in [0.2, 0.25) is 0 Å². The van der Waals surface area contributed by atoms with Gasteiger partial charge in [0.05, 0.1) is 5.69 Å². The molecule has 6 heteroatoms. The molecule has 0 saturated carbocycles. The lowest BCUT2D eigenvalue weighted by Crippen LogP contribution is -2.27. The van der Waals surface area contributed by atoms with Gasteiger partial charge in [0.2, 0.25) is 5.95 Å². The molecular weight excluding hydrogens is 310 g/mol. The number of hydrogen-bond donors (Lipinski definition) is 1. The minimum Gasteiger partial charge on any atom is -0.354 e. The first-order chi connectivity index (χ1) is 11.5. The first-order valence-corrected chi connectivity index (χ1v) is 8.28. The van der Waals surface area contributed by atoms with Gasteiger partial charge in [-0.15, -0.1) is 0 Å². The summed E-state index contributed by atoms with van der Waals surface area (Å²) in [5.74, 6) is -0.656. The summed E-state index contributed by atoms with van der Waals surface area (Å²) in [4.78, 5) is 11.0. The lowest BCUT2D eigenvalue weighted by Gasteiger charge is -2.19. The molecule has 1 aromatic heterocycles. The third-order valence-corrected chi connectivity index (χ3v) is 4.63. The number of halogens is 2. The second kappa shape index (κ2) is 7.21. The summed E-state index contributed by atoms with van der Waals surface area (Å²) in [5, 5.41) is 3.23. The Bertz CT molecular complexity index is 720. The number of anilines is 1. The van der Waals surface area contributed by atoms with Crippen molar-refractivity contribution in [1.82, 2.24) is 14.9 Å². The van der Waals surface area contributed by atoms with Crippen LogP contribution in [0.4, 0.5) is 14.7 Å². The molecule has 128 valence electrons. The van der Waals surface area contributed by atoms with Crippen LogP contribution < -0.4 is 5.32 Å². The fraction of sp³-hybridized carbons (Fsp3) is 0.444. The predicted molar refractivity (Wildman–Crippen MR) is 90.9 cm³/mol. The molecule has 2 heterocycles. The number of aryl methyl sites for hydroxylation is 1. The molecule has 0 aliphatic carbocycles. The SMILES string of the molecule is Cc1nc(NCCC2CCCN2C)ncc1-c1ccc(F)cc1F. The van der Waals surface area contributed by atoms with Crippen LogP contribution in [0.5, 0.6) is 0 Å². The van der Waals surface area contributed by atoms with Crippen molar-refractivity contribution in [1.29, 1.82) is 0 Å². The lowest BCUT2D eigenvalue weighted by atomic mass is 10.1. The molecule has 1 N–H and O–H groups in total. The molecule has 2 aromatic rings. The van der Waals surface area contributed by atoms with Gasteiger partial charge in [0.15, 0.2) is 0 Å². The van der Waals surface area contributed by atoms with Crippen molar-refractivity contribution in [3.05, 3.63) is 41.7 Å². The van der Waals surface area contributed by atoms with E-state index in [0.29, 0.717) is 28.8 Å². The van der Waals surface area contributed by atoms with Gasteiger partial charge in [-0.25, -0.2) is 18.7 Å². The standard InChI is InChI=1S/C18H22F2N4/c1-12-16(15-6-5-13(19)10-17(15)20)11-22-18(23-12)21-8-7-14-4-3-9-24(14)2/h5-6,10-11,14H,3-4,7-9H2,1-2H3,(H,21,22,23). The highest BCUT2D eigenvalue weighted by Gasteiger charge is 2.20. The van der Waals surface area contributed by atoms with E-state index in [1.54, 1.807) is 13.1 Å². The Labute approximate surface area is 140 Å². The molecule has 1 fully saturated rings. The highest BCUT2D eigenvalue weighted by Crippen LogP contribution is 2.25.